The minimum Gasteiger partial charge on any atom is -0.497 e. The topological polar surface area (TPSA) is 38.8 Å². The second-order valence-electron chi connectivity index (χ2n) is 5.44. The van der Waals surface area contributed by atoms with E-state index >= 15 is 0 Å². The quantitative estimate of drug-likeness (QED) is 0.852. The van der Waals surface area contributed by atoms with Crippen molar-refractivity contribution >= 4 is 5.91 Å². The predicted molar refractivity (Wildman–Crippen MR) is 78.5 cm³/mol. The molecule has 1 aliphatic heterocycles. The van der Waals surface area contributed by atoms with Crippen LogP contribution in [0.5, 0.6) is 11.5 Å². The third-order valence-corrected chi connectivity index (χ3v) is 4.03. The van der Waals surface area contributed by atoms with E-state index in [-0.39, 0.29) is 18.0 Å². The van der Waals surface area contributed by atoms with Crippen LogP contribution in [-0.4, -0.2) is 37.1 Å². The van der Waals surface area contributed by atoms with Crippen molar-refractivity contribution in [2.75, 3.05) is 14.2 Å². The van der Waals surface area contributed by atoms with E-state index in [1.807, 2.05) is 4.90 Å². The molecule has 2 atom stereocenters. The molecule has 0 unspecified atom stereocenters. The number of carbonyl (C=O) groups excluding carboxylic acids is 1. The fourth-order valence-electron chi connectivity index (χ4n) is 2.90. The molecular weight excluding hydrogens is 254 g/mol. The van der Waals surface area contributed by atoms with Crippen molar-refractivity contribution < 1.29 is 14.3 Å². The van der Waals surface area contributed by atoms with Gasteiger partial charge in [0.05, 0.1) is 14.2 Å². The lowest BCUT2D eigenvalue weighted by Crippen LogP contribution is -2.47. The molecule has 4 heteroatoms. The highest BCUT2D eigenvalue weighted by Gasteiger charge is 2.30. The number of carbonyl (C=O) groups is 1. The molecule has 0 aromatic heterocycles. The van der Waals surface area contributed by atoms with Gasteiger partial charge in [-0.1, -0.05) is 0 Å². The standard InChI is InChI=1S/C16H23NO3/c1-11-6-5-7-12(2)17(11)16(18)13-8-14(19-3)10-15(9-13)20-4/h8-12H,5-7H2,1-4H3/t11-,12-/m0/s1. The highest BCUT2D eigenvalue weighted by molar-refractivity contribution is 5.95. The molecule has 1 aliphatic rings. The number of amides is 1. The minimum atomic E-state index is 0.0573. The van der Waals surface area contributed by atoms with Crippen molar-refractivity contribution in [2.45, 2.75) is 45.2 Å². The van der Waals surface area contributed by atoms with Crippen LogP contribution in [0.3, 0.4) is 0 Å². The molecule has 0 bridgehead atoms. The van der Waals surface area contributed by atoms with E-state index in [9.17, 15) is 4.79 Å². The van der Waals surface area contributed by atoms with Crippen molar-refractivity contribution in [1.29, 1.82) is 0 Å². The summed E-state index contributed by atoms with van der Waals surface area (Å²) in [5, 5.41) is 0. The van der Waals surface area contributed by atoms with Gasteiger partial charge in [0.25, 0.3) is 5.91 Å². The Morgan fingerprint density at radius 2 is 1.55 bits per heavy atom. The van der Waals surface area contributed by atoms with Gasteiger partial charge in [-0.3, -0.25) is 4.79 Å². The number of likely N-dealkylation sites (tertiary alicyclic amines) is 1. The molecule has 1 aromatic carbocycles. The van der Waals surface area contributed by atoms with Crippen LogP contribution >= 0.6 is 0 Å². The van der Waals surface area contributed by atoms with E-state index in [4.69, 9.17) is 9.47 Å². The molecule has 0 spiro atoms. The first-order valence-corrected chi connectivity index (χ1v) is 7.12. The first-order valence-electron chi connectivity index (χ1n) is 7.12. The second-order valence-corrected chi connectivity index (χ2v) is 5.44. The van der Waals surface area contributed by atoms with E-state index in [0.717, 1.165) is 12.8 Å². The summed E-state index contributed by atoms with van der Waals surface area (Å²) in [5.74, 6) is 1.34. The average molecular weight is 277 g/mol. The molecule has 0 aliphatic carbocycles. The van der Waals surface area contributed by atoms with E-state index < -0.39 is 0 Å². The Balaban J connectivity index is 2.32. The Morgan fingerprint density at radius 1 is 1.05 bits per heavy atom. The van der Waals surface area contributed by atoms with Gasteiger partial charge in [-0.05, 0) is 45.2 Å². The van der Waals surface area contributed by atoms with E-state index in [0.29, 0.717) is 17.1 Å². The lowest BCUT2D eigenvalue weighted by Gasteiger charge is -2.39. The highest BCUT2D eigenvalue weighted by Crippen LogP contribution is 2.28. The van der Waals surface area contributed by atoms with Gasteiger partial charge in [0, 0.05) is 23.7 Å². The fourth-order valence-corrected chi connectivity index (χ4v) is 2.90. The third-order valence-electron chi connectivity index (χ3n) is 4.03. The lowest BCUT2D eigenvalue weighted by atomic mass is 9.96. The highest BCUT2D eigenvalue weighted by atomic mass is 16.5. The molecule has 0 N–H and O–H groups in total. The molecule has 1 fully saturated rings. The zero-order valence-corrected chi connectivity index (χ0v) is 12.7. The Kier molecular flexibility index (Phi) is 4.53. The van der Waals surface area contributed by atoms with E-state index in [2.05, 4.69) is 13.8 Å². The number of nitrogens with zero attached hydrogens (tertiary/aromatic N) is 1. The minimum absolute atomic E-state index is 0.0573. The number of hydrogen-bond donors (Lipinski definition) is 0. The van der Waals surface area contributed by atoms with Crippen LogP contribution in [0.1, 0.15) is 43.5 Å². The monoisotopic (exact) mass is 277 g/mol. The number of methoxy groups -OCH3 is 2. The normalized spacial score (nSPS) is 22.5. The summed E-state index contributed by atoms with van der Waals surface area (Å²) in [6, 6.07) is 5.89. The maximum atomic E-state index is 12.8. The Labute approximate surface area is 120 Å². The van der Waals surface area contributed by atoms with Crippen LogP contribution in [0.4, 0.5) is 0 Å². The molecule has 0 radical (unpaired) electrons. The van der Waals surface area contributed by atoms with Crippen LogP contribution in [0.25, 0.3) is 0 Å². The van der Waals surface area contributed by atoms with Crippen molar-refractivity contribution in [3.8, 4) is 11.5 Å². The Morgan fingerprint density at radius 3 is 2.00 bits per heavy atom. The molecule has 1 heterocycles. The first-order chi connectivity index (χ1) is 9.56. The number of piperidine rings is 1. The Hall–Kier alpha value is -1.71. The van der Waals surface area contributed by atoms with Crippen LogP contribution in [-0.2, 0) is 0 Å². The smallest absolute Gasteiger partial charge is 0.254 e. The number of ether oxygens (including phenoxy) is 2. The van der Waals surface area contributed by atoms with Gasteiger partial charge in [-0.25, -0.2) is 0 Å². The number of hydrogen-bond acceptors (Lipinski definition) is 3. The summed E-state index contributed by atoms with van der Waals surface area (Å²) in [4.78, 5) is 14.8. The van der Waals surface area contributed by atoms with Gasteiger partial charge in [0.15, 0.2) is 0 Å². The zero-order valence-electron chi connectivity index (χ0n) is 12.7. The van der Waals surface area contributed by atoms with Crippen LogP contribution in [0.15, 0.2) is 18.2 Å². The Bertz CT molecular complexity index is 454. The van der Waals surface area contributed by atoms with Crippen molar-refractivity contribution in [3.63, 3.8) is 0 Å². The fraction of sp³-hybridized carbons (Fsp3) is 0.562. The number of rotatable bonds is 3. The third kappa shape index (κ3) is 2.89. The molecule has 1 saturated heterocycles. The van der Waals surface area contributed by atoms with E-state index in [1.165, 1.54) is 6.42 Å². The van der Waals surface area contributed by atoms with Gasteiger partial charge in [-0.15, -0.1) is 0 Å². The summed E-state index contributed by atoms with van der Waals surface area (Å²) in [6.45, 7) is 4.23. The summed E-state index contributed by atoms with van der Waals surface area (Å²) >= 11 is 0. The van der Waals surface area contributed by atoms with Crippen LogP contribution < -0.4 is 9.47 Å². The largest absolute Gasteiger partial charge is 0.497 e. The van der Waals surface area contributed by atoms with Crippen molar-refractivity contribution in [1.82, 2.24) is 4.90 Å². The van der Waals surface area contributed by atoms with Gasteiger partial charge in [0.2, 0.25) is 0 Å². The van der Waals surface area contributed by atoms with Gasteiger partial charge < -0.3 is 14.4 Å². The van der Waals surface area contributed by atoms with Crippen molar-refractivity contribution in [2.24, 2.45) is 0 Å². The molecule has 1 aromatic rings. The van der Waals surface area contributed by atoms with Crippen LogP contribution in [0.2, 0.25) is 0 Å². The van der Waals surface area contributed by atoms with Crippen LogP contribution in [0, 0.1) is 0 Å². The molecule has 0 saturated carbocycles. The summed E-state index contributed by atoms with van der Waals surface area (Å²) in [7, 11) is 3.18. The van der Waals surface area contributed by atoms with Gasteiger partial charge in [-0.2, -0.15) is 0 Å². The summed E-state index contributed by atoms with van der Waals surface area (Å²) in [5.41, 5.74) is 0.627. The van der Waals surface area contributed by atoms with Gasteiger partial charge in [0.1, 0.15) is 11.5 Å². The molecule has 4 nitrogen and oxygen atoms in total. The zero-order chi connectivity index (χ0) is 14.7. The molecular formula is C16H23NO3. The first kappa shape index (κ1) is 14.7. The summed E-state index contributed by atoms with van der Waals surface area (Å²) in [6.07, 6.45) is 3.32. The molecule has 20 heavy (non-hydrogen) atoms. The number of benzene rings is 1. The maximum absolute atomic E-state index is 12.8. The molecule has 2 rings (SSSR count). The second kappa shape index (κ2) is 6.16. The molecule has 110 valence electrons. The maximum Gasteiger partial charge on any atom is 0.254 e. The van der Waals surface area contributed by atoms with E-state index in [1.54, 1.807) is 32.4 Å². The summed E-state index contributed by atoms with van der Waals surface area (Å²) < 4.78 is 10.5. The molecule has 1 amide bonds. The van der Waals surface area contributed by atoms with Gasteiger partial charge >= 0.3 is 0 Å². The SMILES string of the molecule is COc1cc(OC)cc(C(=O)N2[C@@H](C)CCC[C@@H]2C)c1. The van der Waals surface area contributed by atoms with Crippen molar-refractivity contribution in [3.05, 3.63) is 23.8 Å². The predicted octanol–water partition coefficient (Wildman–Crippen LogP) is 3.11. The lowest BCUT2D eigenvalue weighted by molar-refractivity contribution is 0.0510. The average Bonchev–Trinajstić information content (AvgIpc) is 2.46.